The fourth-order valence-electron chi connectivity index (χ4n) is 2.65. The molecule has 0 unspecified atom stereocenters. The molecule has 1 saturated carbocycles. The molecule has 1 aliphatic carbocycles. The first-order valence-electron chi connectivity index (χ1n) is 7.28. The molecule has 0 radical (unpaired) electrons. The molecule has 1 aromatic heterocycles. The summed E-state index contributed by atoms with van der Waals surface area (Å²) in [6.07, 6.45) is 4.57. The third kappa shape index (κ3) is 2.71. The molecule has 4 N–H and O–H groups in total. The maximum atomic E-state index is 5.53. The molecular formula is C14H26N6. The maximum Gasteiger partial charge on any atom is 0.148 e. The Morgan fingerprint density at radius 1 is 1.25 bits per heavy atom. The SMILES string of the molecule is CCc1nc(NN)c(C)c(NCC2(N(C)C)CCC2)n1. The van der Waals surface area contributed by atoms with Crippen LogP contribution in [0.15, 0.2) is 0 Å². The van der Waals surface area contributed by atoms with Crippen molar-refractivity contribution >= 4 is 11.6 Å². The lowest BCUT2D eigenvalue weighted by Crippen LogP contribution is -2.54. The van der Waals surface area contributed by atoms with Crippen LogP contribution in [0.1, 0.15) is 37.6 Å². The van der Waals surface area contributed by atoms with Gasteiger partial charge in [0, 0.05) is 24.1 Å². The molecule has 0 amide bonds. The summed E-state index contributed by atoms with van der Waals surface area (Å²) in [5.41, 5.74) is 3.89. The molecule has 20 heavy (non-hydrogen) atoms. The Kier molecular flexibility index (Phi) is 4.45. The number of aryl methyl sites for hydroxylation is 1. The van der Waals surface area contributed by atoms with Crippen molar-refractivity contribution in [1.82, 2.24) is 14.9 Å². The Bertz CT molecular complexity index is 467. The van der Waals surface area contributed by atoms with Gasteiger partial charge in [0.15, 0.2) is 0 Å². The summed E-state index contributed by atoms with van der Waals surface area (Å²) in [7, 11) is 4.30. The Morgan fingerprint density at radius 3 is 2.35 bits per heavy atom. The Morgan fingerprint density at radius 2 is 1.90 bits per heavy atom. The summed E-state index contributed by atoms with van der Waals surface area (Å²) in [6, 6.07) is 0. The van der Waals surface area contributed by atoms with Crippen molar-refractivity contribution in [3.05, 3.63) is 11.4 Å². The standard InChI is InChI=1S/C14H26N6/c1-5-11-17-12(10(2)13(18-11)19-15)16-9-14(20(3)4)7-6-8-14/h5-9,15H2,1-4H3,(H2,16,17,18,19). The Labute approximate surface area is 121 Å². The lowest BCUT2D eigenvalue weighted by atomic mass is 9.75. The average Bonchev–Trinajstić information content (AvgIpc) is 2.38. The van der Waals surface area contributed by atoms with E-state index in [1.165, 1.54) is 19.3 Å². The summed E-state index contributed by atoms with van der Waals surface area (Å²) in [6.45, 7) is 4.94. The second kappa shape index (κ2) is 5.93. The van der Waals surface area contributed by atoms with Crippen molar-refractivity contribution in [2.24, 2.45) is 5.84 Å². The van der Waals surface area contributed by atoms with E-state index in [1.54, 1.807) is 0 Å². The fourth-order valence-corrected chi connectivity index (χ4v) is 2.65. The van der Waals surface area contributed by atoms with E-state index in [2.05, 4.69) is 39.7 Å². The van der Waals surface area contributed by atoms with E-state index in [4.69, 9.17) is 5.84 Å². The van der Waals surface area contributed by atoms with Gasteiger partial charge in [-0.25, -0.2) is 15.8 Å². The second-order valence-corrected chi connectivity index (χ2v) is 5.79. The number of nitrogens with one attached hydrogen (secondary N) is 2. The van der Waals surface area contributed by atoms with Crippen molar-refractivity contribution in [2.75, 3.05) is 31.4 Å². The Balaban J connectivity index is 2.16. The first-order chi connectivity index (χ1) is 9.52. The smallest absolute Gasteiger partial charge is 0.148 e. The van der Waals surface area contributed by atoms with Crippen LogP contribution in [0, 0.1) is 6.92 Å². The number of nitrogen functional groups attached to an aromatic ring is 1. The second-order valence-electron chi connectivity index (χ2n) is 5.79. The lowest BCUT2D eigenvalue weighted by Gasteiger charge is -2.47. The summed E-state index contributed by atoms with van der Waals surface area (Å²) < 4.78 is 0. The molecule has 1 heterocycles. The number of aromatic nitrogens is 2. The van der Waals surface area contributed by atoms with Crippen LogP contribution >= 0.6 is 0 Å². The number of rotatable bonds is 6. The van der Waals surface area contributed by atoms with Crippen molar-refractivity contribution in [3.8, 4) is 0 Å². The lowest BCUT2D eigenvalue weighted by molar-refractivity contribution is 0.0738. The molecule has 2 rings (SSSR count). The van der Waals surface area contributed by atoms with Crippen LogP contribution in [0.3, 0.4) is 0 Å². The first-order valence-corrected chi connectivity index (χ1v) is 7.28. The summed E-state index contributed by atoms with van der Waals surface area (Å²) in [5, 5.41) is 3.50. The van der Waals surface area contributed by atoms with Gasteiger partial charge in [0.25, 0.3) is 0 Å². The number of nitrogens with two attached hydrogens (primary N) is 1. The number of likely N-dealkylation sites (N-methyl/N-ethyl adjacent to an activating group) is 1. The van der Waals surface area contributed by atoms with E-state index in [-0.39, 0.29) is 5.54 Å². The summed E-state index contributed by atoms with van der Waals surface area (Å²) in [5.74, 6) is 7.93. The molecule has 6 nitrogen and oxygen atoms in total. The van der Waals surface area contributed by atoms with E-state index in [9.17, 15) is 0 Å². The van der Waals surface area contributed by atoms with Gasteiger partial charge in [0.05, 0.1) is 0 Å². The zero-order valence-electron chi connectivity index (χ0n) is 13.0. The van der Waals surface area contributed by atoms with Gasteiger partial charge in [-0.05, 0) is 40.3 Å². The summed E-state index contributed by atoms with van der Waals surface area (Å²) >= 11 is 0. The third-order valence-corrected chi connectivity index (χ3v) is 4.46. The molecule has 0 bridgehead atoms. The monoisotopic (exact) mass is 278 g/mol. The highest BCUT2D eigenvalue weighted by atomic mass is 15.3. The van der Waals surface area contributed by atoms with Gasteiger partial charge in [-0.2, -0.15) is 0 Å². The molecule has 0 atom stereocenters. The minimum atomic E-state index is 0.264. The van der Waals surface area contributed by atoms with Gasteiger partial charge in [-0.1, -0.05) is 6.92 Å². The van der Waals surface area contributed by atoms with Gasteiger partial charge >= 0.3 is 0 Å². The normalized spacial score (nSPS) is 16.9. The highest BCUT2D eigenvalue weighted by Crippen LogP contribution is 2.36. The number of hydrogen-bond acceptors (Lipinski definition) is 6. The van der Waals surface area contributed by atoms with E-state index >= 15 is 0 Å². The quantitative estimate of drug-likeness (QED) is 0.541. The zero-order valence-corrected chi connectivity index (χ0v) is 13.0. The van der Waals surface area contributed by atoms with Crippen LogP contribution in [0.4, 0.5) is 11.6 Å². The Hall–Kier alpha value is -1.40. The number of nitrogens with zero attached hydrogens (tertiary/aromatic N) is 3. The van der Waals surface area contributed by atoms with E-state index < -0.39 is 0 Å². The first kappa shape index (κ1) is 15.0. The van der Waals surface area contributed by atoms with Crippen LogP contribution < -0.4 is 16.6 Å². The summed E-state index contributed by atoms with van der Waals surface area (Å²) in [4.78, 5) is 11.3. The van der Waals surface area contributed by atoms with Crippen molar-refractivity contribution in [3.63, 3.8) is 0 Å². The van der Waals surface area contributed by atoms with Crippen LogP contribution in [0.2, 0.25) is 0 Å². The predicted octanol–water partition coefficient (Wildman–Crippen LogP) is 1.53. The third-order valence-electron chi connectivity index (χ3n) is 4.46. The molecule has 1 aromatic rings. The number of hydrogen-bond donors (Lipinski definition) is 3. The molecule has 1 fully saturated rings. The maximum absolute atomic E-state index is 5.53. The molecule has 0 spiro atoms. The minimum Gasteiger partial charge on any atom is -0.368 e. The highest BCUT2D eigenvalue weighted by Gasteiger charge is 2.38. The van der Waals surface area contributed by atoms with Gasteiger partial charge in [0.2, 0.25) is 0 Å². The number of anilines is 2. The largest absolute Gasteiger partial charge is 0.368 e. The van der Waals surface area contributed by atoms with Crippen LogP contribution in [0.25, 0.3) is 0 Å². The predicted molar refractivity (Wildman–Crippen MR) is 82.7 cm³/mol. The molecule has 0 aliphatic heterocycles. The highest BCUT2D eigenvalue weighted by molar-refractivity contribution is 5.56. The van der Waals surface area contributed by atoms with Gasteiger partial charge in [-0.15, -0.1) is 0 Å². The molecule has 112 valence electrons. The van der Waals surface area contributed by atoms with Crippen LogP contribution in [-0.4, -0.2) is 41.0 Å². The van der Waals surface area contributed by atoms with E-state index in [0.29, 0.717) is 5.82 Å². The zero-order chi connectivity index (χ0) is 14.8. The van der Waals surface area contributed by atoms with Crippen molar-refractivity contribution in [1.29, 1.82) is 0 Å². The fraction of sp³-hybridized carbons (Fsp3) is 0.714. The van der Waals surface area contributed by atoms with Crippen molar-refractivity contribution < 1.29 is 0 Å². The van der Waals surface area contributed by atoms with Crippen LogP contribution in [-0.2, 0) is 6.42 Å². The molecule has 0 aromatic carbocycles. The topological polar surface area (TPSA) is 79.1 Å². The van der Waals surface area contributed by atoms with E-state index in [1.807, 2.05) is 13.8 Å². The average molecular weight is 278 g/mol. The molecule has 0 saturated heterocycles. The van der Waals surface area contributed by atoms with Gasteiger partial charge < -0.3 is 15.6 Å². The van der Waals surface area contributed by atoms with Crippen molar-refractivity contribution in [2.45, 2.75) is 45.1 Å². The molecular weight excluding hydrogens is 252 g/mol. The van der Waals surface area contributed by atoms with Crippen LogP contribution in [0.5, 0.6) is 0 Å². The molecule has 6 heteroatoms. The molecule has 1 aliphatic rings. The minimum absolute atomic E-state index is 0.264. The van der Waals surface area contributed by atoms with Gasteiger partial charge in [0.1, 0.15) is 17.5 Å². The van der Waals surface area contributed by atoms with Gasteiger partial charge in [-0.3, -0.25) is 0 Å². The number of hydrazine groups is 1. The van der Waals surface area contributed by atoms with E-state index in [0.717, 1.165) is 30.2 Å².